The van der Waals surface area contributed by atoms with E-state index in [1.165, 1.54) is 6.07 Å². The average molecular weight is 272 g/mol. The van der Waals surface area contributed by atoms with E-state index in [0.717, 1.165) is 22.9 Å². The molecule has 3 aromatic carbocycles. The van der Waals surface area contributed by atoms with Crippen LogP contribution in [0.25, 0.3) is 21.9 Å². The molecule has 0 atom stereocenters. The zero-order valence-electron chi connectivity index (χ0n) is 10.3. The zero-order chi connectivity index (χ0) is 14.3. The van der Waals surface area contributed by atoms with Crippen molar-refractivity contribution in [1.82, 2.24) is 0 Å². The molecule has 0 aliphatic rings. The van der Waals surface area contributed by atoms with Crippen molar-refractivity contribution < 1.29 is 19.0 Å². The highest BCUT2D eigenvalue weighted by atomic mass is 19.1. The lowest BCUT2D eigenvalue weighted by molar-refractivity contribution is 0.427. The third kappa shape index (κ3) is 2.05. The highest BCUT2D eigenvalue weighted by Crippen LogP contribution is 2.31. The van der Waals surface area contributed by atoms with Crippen molar-refractivity contribution in [3.8, 4) is 22.6 Å². The molecule has 0 saturated heterocycles. The SMILES string of the molecule is Oc1ccc2cc(-c3cc(F)c(O)cc3F)ccc2c1. The quantitative estimate of drug-likeness (QED) is 0.697. The van der Waals surface area contributed by atoms with Crippen LogP contribution in [-0.4, -0.2) is 10.2 Å². The number of halogens is 2. The first-order chi connectivity index (χ1) is 9.54. The van der Waals surface area contributed by atoms with Crippen LogP contribution in [0.3, 0.4) is 0 Å². The van der Waals surface area contributed by atoms with Gasteiger partial charge in [0.05, 0.1) is 0 Å². The van der Waals surface area contributed by atoms with Gasteiger partial charge in [0.2, 0.25) is 0 Å². The Bertz CT molecular complexity index is 813. The molecule has 0 aliphatic heterocycles. The zero-order valence-corrected chi connectivity index (χ0v) is 10.3. The first kappa shape index (κ1) is 12.4. The number of hydrogen-bond acceptors (Lipinski definition) is 2. The minimum atomic E-state index is -0.868. The normalized spacial score (nSPS) is 10.9. The first-order valence-electron chi connectivity index (χ1n) is 5.96. The molecule has 0 radical (unpaired) electrons. The fourth-order valence-corrected chi connectivity index (χ4v) is 2.16. The van der Waals surface area contributed by atoms with Gasteiger partial charge in [-0.15, -0.1) is 0 Å². The summed E-state index contributed by atoms with van der Waals surface area (Å²) in [6.07, 6.45) is 0. The third-order valence-electron chi connectivity index (χ3n) is 3.17. The van der Waals surface area contributed by atoms with Gasteiger partial charge in [0.1, 0.15) is 11.6 Å². The summed E-state index contributed by atoms with van der Waals surface area (Å²) >= 11 is 0. The van der Waals surface area contributed by atoms with Crippen LogP contribution in [0.4, 0.5) is 8.78 Å². The van der Waals surface area contributed by atoms with Crippen LogP contribution in [0, 0.1) is 11.6 Å². The molecule has 0 aromatic heterocycles. The van der Waals surface area contributed by atoms with Gasteiger partial charge in [-0.2, -0.15) is 0 Å². The van der Waals surface area contributed by atoms with Crippen LogP contribution in [0.15, 0.2) is 48.5 Å². The molecule has 3 aromatic rings. The molecule has 2 nitrogen and oxygen atoms in total. The van der Waals surface area contributed by atoms with Gasteiger partial charge in [-0.25, -0.2) is 8.78 Å². The lowest BCUT2D eigenvalue weighted by atomic mass is 10.0. The van der Waals surface area contributed by atoms with E-state index in [9.17, 15) is 13.9 Å². The van der Waals surface area contributed by atoms with Gasteiger partial charge in [-0.1, -0.05) is 18.2 Å². The monoisotopic (exact) mass is 272 g/mol. The van der Waals surface area contributed by atoms with E-state index in [2.05, 4.69) is 0 Å². The van der Waals surface area contributed by atoms with E-state index in [4.69, 9.17) is 5.11 Å². The lowest BCUT2D eigenvalue weighted by Crippen LogP contribution is -1.88. The third-order valence-corrected chi connectivity index (χ3v) is 3.17. The van der Waals surface area contributed by atoms with Crippen molar-refractivity contribution in [2.75, 3.05) is 0 Å². The van der Waals surface area contributed by atoms with Crippen molar-refractivity contribution in [1.29, 1.82) is 0 Å². The maximum absolute atomic E-state index is 13.8. The van der Waals surface area contributed by atoms with Gasteiger partial charge in [0.15, 0.2) is 11.6 Å². The largest absolute Gasteiger partial charge is 0.508 e. The highest BCUT2D eigenvalue weighted by molar-refractivity contribution is 5.88. The van der Waals surface area contributed by atoms with Crippen molar-refractivity contribution in [3.63, 3.8) is 0 Å². The Hall–Kier alpha value is -2.62. The topological polar surface area (TPSA) is 40.5 Å². The molecule has 0 fully saturated rings. The maximum Gasteiger partial charge on any atom is 0.165 e. The molecule has 0 unspecified atom stereocenters. The molecule has 100 valence electrons. The Labute approximate surface area is 113 Å². The molecule has 0 amide bonds. The van der Waals surface area contributed by atoms with Crippen LogP contribution in [0.5, 0.6) is 11.5 Å². The second-order valence-electron chi connectivity index (χ2n) is 4.53. The van der Waals surface area contributed by atoms with Crippen LogP contribution in [-0.2, 0) is 0 Å². The Morgan fingerprint density at radius 3 is 2.20 bits per heavy atom. The molecule has 4 heteroatoms. The highest BCUT2D eigenvalue weighted by Gasteiger charge is 2.11. The standard InChI is InChI=1S/C16H10F2O2/c17-14-8-16(20)15(18)7-13(14)11-2-1-10-6-12(19)4-3-9(10)5-11/h1-8,19-20H. The fraction of sp³-hybridized carbons (Fsp3) is 0. The summed E-state index contributed by atoms with van der Waals surface area (Å²) in [6.45, 7) is 0. The molecular weight excluding hydrogens is 262 g/mol. The van der Waals surface area contributed by atoms with E-state index in [1.807, 2.05) is 0 Å². The molecule has 0 bridgehead atoms. The van der Waals surface area contributed by atoms with Gasteiger partial charge in [-0.05, 0) is 40.6 Å². The van der Waals surface area contributed by atoms with Gasteiger partial charge >= 0.3 is 0 Å². The number of phenolic OH excluding ortho intramolecular Hbond substituents is 2. The predicted molar refractivity (Wildman–Crippen MR) is 72.6 cm³/mol. The van der Waals surface area contributed by atoms with Crippen LogP contribution < -0.4 is 0 Å². The average Bonchev–Trinajstić information content (AvgIpc) is 2.42. The van der Waals surface area contributed by atoms with Crippen molar-refractivity contribution >= 4 is 10.8 Å². The lowest BCUT2D eigenvalue weighted by Gasteiger charge is -2.07. The number of benzene rings is 3. The van der Waals surface area contributed by atoms with Crippen molar-refractivity contribution in [2.24, 2.45) is 0 Å². The molecule has 3 rings (SSSR count). The van der Waals surface area contributed by atoms with Crippen LogP contribution in [0.2, 0.25) is 0 Å². The van der Waals surface area contributed by atoms with Gasteiger partial charge in [-0.3, -0.25) is 0 Å². The second-order valence-corrected chi connectivity index (χ2v) is 4.53. The smallest absolute Gasteiger partial charge is 0.165 e. The van der Waals surface area contributed by atoms with Crippen LogP contribution in [0.1, 0.15) is 0 Å². The first-order valence-corrected chi connectivity index (χ1v) is 5.96. The van der Waals surface area contributed by atoms with E-state index in [0.29, 0.717) is 5.56 Å². The summed E-state index contributed by atoms with van der Waals surface area (Å²) in [6, 6.07) is 11.6. The molecule has 0 aliphatic carbocycles. The van der Waals surface area contributed by atoms with Gasteiger partial charge in [0, 0.05) is 11.6 Å². The maximum atomic E-state index is 13.8. The number of hydrogen-bond donors (Lipinski definition) is 2. The Kier molecular flexibility index (Phi) is 2.79. The number of aromatic hydroxyl groups is 2. The molecule has 0 saturated carbocycles. The van der Waals surface area contributed by atoms with E-state index in [1.54, 1.807) is 30.3 Å². The summed E-state index contributed by atoms with van der Waals surface area (Å²) in [5.41, 5.74) is 0.579. The summed E-state index contributed by atoms with van der Waals surface area (Å²) in [5, 5.41) is 20.1. The molecule has 20 heavy (non-hydrogen) atoms. The number of fused-ring (bicyclic) bond motifs is 1. The minimum absolute atomic E-state index is 0.0790. The second kappa shape index (κ2) is 4.49. The van der Waals surface area contributed by atoms with Gasteiger partial charge < -0.3 is 10.2 Å². The Balaban J connectivity index is 2.20. The molecular formula is C16H10F2O2. The fourth-order valence-electron chi connectivity index (χ4n) is 2.16. The van der Waals surface area contributed by atoms with Crippen molar-refractivity contribution in [3.05, 3.63) is 60.2 Å². The summed E-state index contributed by atoms with van der Waals surface area (Å²) in [7, 11) is 0. The Morgan fingerprint density at radius 2 is 1.40 bits per heavy atom. The minimum Gasteiger partial charge on any atom is -0.508 e. The van der Waals surface area contributed by atoms with E-state index in [-0.39, 0.29) is 11.3 Å². The van der Waals surface area contributed by atoms with E-state index >= 15 is 0 Å². The number of rotatable bonds is 1. The van der Waals surface area contributed by atoms with Crippen LogP contribution >= 0.6 is 0 Å². The summed E-state index contributed by atoms with van der Waals surface area (Å²) < 4.78 is 27.2. The Morgan fingerprint density at radius 1 is 0.700 bits per heavy atom. The predicted octanol–water partition coefficient (Wildman–Crippen LogP) is 4.20. The van der Waals surface area contributed by atoms with Gasteiger partial charge in [0.25, 0.3) is 0 Å². The number of phenols is 2. The molecule has 0 heterocycles. The molecule has 0 spiro atoms. The summed E-state index contributed by atoms with van der Waals surface area (Å²) in [5.74, 6) is -2.13. The summed E-state index contributed by atoms with van der Waals surface area (Å²) in [4.78, 5) is 0. The van der Waals surface area contributed by atoms with Crippen molar-refractivity contribution in [2.45, 2.75) is 0 Å². The van der Waals surface area contributed by atoms with E-state index < -0.39 is 17.4 Å². The molecule has 2 N–H and O–H groups in total.